The zero-order valence-corrected chi connectivity index (χ0v) is 16.5. The molecule has 0 spiro atoms. The van der Waals surface area contributed by atoms with E-state index in [0.717, 1.165) is 25.3 Å². The van der Waals surface area contributed by atoms with E-state index in [1.807, 2.05) is 0 Å². The fraction of sp³-hybridized carbons (Fsp3) is 0.524. The molecule has 0 N–H and O–H groups in total. The second kappa shape index (κ2) is 7.62. The third kappa shape index (κ3) is 3.38. The van der Waals surface area contributed by atoms with Crippen LogP contribution >= 0.6 is 0 Å². The molecule has 0 aromatic heterocycles. The van der Waals surface area contributed by atoms with Gasteiger partial charge in [-0.2, -0.15) is 0 Å². The number of hydrogen-bond donors (Lipinski definition) is 0. The Bertz CT molecular complexity index is 929. The number of likely N-dealkylation sites (tertiary alicyclic amines) is 1. The van der Waals surface area contributed by atoms with Gasteiger partial charge < -0.3 is 4.74 Å². The highest BCUT2D eigenvalue weighted by Gasteiger charge is 2.60. The number of Topliss-reactive ketones (excluding diaryl/α,β-unsaturated/α-hetero) is 1. The van der Waals surface area contributed by atoms with Crippen molar-refractivity contribution in [1.29, 1.82) is 0 Å². The summed E-state index contributed by atoms with van der Waals surface area (Å²) < 4.78 is 4.96. The summed E-state index contributed by atoms with van der Waals surface area (Å²) in [5, 5.41) is 11.0. The number of amides is 2. The molecular weight excluding hydrogens is 392 g/mol. The fourth-order valence-electron chi connectivity index (χ4n) is 5.18. The molecule has 0 unspecified atom stereocenters. The number of imide groups is 1. The van der Waals surface area contributed by atoms with Crippen LogP contribution < -0.4 is 0 Å². The van der Waals surface area contributed by atoms with Crippen LogP contribution in [0, 0.1) is 40.7 Å². The standard InChI is InChI=1S/C21H22N2O7/c1-11-2-3-12(9-15(11)23(28)29)16(24)10-30-17(25)6-7-22-20(26)18-13-4-5-14(8-13)19(18)21(22)27/h2-3,9,13-14,18-19H,4-8,10H2,1H3/t13-,14-,18+,19+/m0/s1. The lowest BCUT2D eigenvalue weighted by atomic mass is 9.81. The van der Waals surface area contributed by atoms with Gasteiger partial charge in [0.2, 0.25) is 17.6 Å². The molecule has 3 aliphatic rings. The molecule has 1 aromatic rings. The van der Waals surface area contributed by atoms with Crippen LogP contribution in [0.15, 0.2) is 18.2 Å². The number of hydrogen-bond acceptors (Lipinski definition) is 7. The Morgan fingerprint density at radius 3 is 2.40 bits per heavy atom. The van der Waals surface area contributed by atoms with E-state index in [0.29, 0.717) is 5.56 Å². The number of nitro groups is 1. The van der Waals surface area contributed by atoms with E-state index in [2.05, 4.69) is 0 Å². The third-order valence-corrected chi connectivity index (χ3v) is 6.65. The maximum absolute atomic E-state index is 12.6. The van der Waals surface area contributed by atoms with Crippen LogP contribution in [0.25, 0.3) is 0 Å². The van der Waals surface area contributed by atoms with E-state index in [1.165, 1.54) is 17.0 Å². The molecule has 1 aromatic carbocycles. The topological polar surface area (TPSA) is 124 Å². The van der Waals surface area contributed by atoms with Crippen molar-refractivity contribution in [1.82, 2.24) is 4.90 Å². The van der Waals surface area contributed by atoms with Gasteiger partial charge in [-0.25, -0.2) is 0 Å². The molecule has 4 rings (SSSR count). The number of ether oxygens (including phenoxy) is 1. The average molecular weight is 414 g/mol. The van der Waals surface area contributed by atoms with E-state index >= 15 is 0 Å². The van der Waals surface area contributed by atoms with Crippen molar-refractivity contribution in [2.75, 3.05) is 13.2 Å². The van der Waals surface area contributed by atoms with Gasteiger partial charge in [0, 0.05) is 23.7 Å². The van der Waals surface area contributed by atoms with E-state index in [-0.39, 0.29) is 59.7 Å². The summed E-state index contributed by atoms with van der Waals surface area (Å²) in [7, 11) is 0. The summed E-state index contributed by atoms with van der Waals surface area (Å²) in [6.07, 6.45) is 2.73. The summed E-state index contributed by atoms with van der Waals surface area (Å²) in [5.41, 5.74) is 0.317. The van der Waals surface area contributed by atoms with E-state index < -0.39 is 23.3 Å². The molecule has 1 heterocycles. The normalized spacial score (nSPS) is 26.8. The lowest BCUT2D eigenvalue weighted by molar-refractivity contribution is -0.385. The largest absolute Gasteiger partial charge is 0.457 e. The number of benzene rings is 1. The van der Waals surface area contributed by atoms with E-state index in [4.69, 9.17) is 4.74 Å². The van der Waals surface area contributed by atoms with Crippen LogP contribution in [0.3, 0.4) is 0 Å². The highest BCUT2D eigenvalue weighted by atomic mass is 16.6. The van der Waals surface area contributed by atoms with Crippen molar-refractivity contribution >= 4 is 29.3 Å². The molecule has 9 nitrogen and oxygen atoms in total. The summed E-state index contributed by atoms with van der Waals surface area (Å²) in [6.45, 7) is 0.955. The molecule has 2 aliphatic carbocycles. The molecule has 2 amide bonds. The highest BCUT2D eigenvalue weighted by Crippen LogP contribution is 2.56. The molecule has 0 radical (unpaired) electrons. The second-order valence-corrected chi connectivity index (χ2v) is 8.31. The quantitative estimate of drug-likeness (QED) is 0.220. The predicted molar refractivity (Wildman–Crippen MR) is 102 cm³/mol. The number of fused-ring (bicyclic) bond motifs is 5. The maximum atomic E-state index is 12.6. The number of nitro benzene ring substituents is 1. The van der Waals surface area contributed by atoms with Gasteiger partial charge in [0.05, 0.1) is 23.2 Å². The van der Waals surface area contributed by atoms with Crippen molar-refractivity contribution in [2.24, 2.45) is 23.7 Å². The molecule has 1 aliphatic heterocycles. The van der Waals surface area contributed by atoms with Crippen molar-refractivity contribution in [3.05, 3.63) is 39.4 Å². The first-order valence-corrected chi connectivity index (χ1v) is 10.1. The molecule has 158 valence electrons. The number of ketones is 1. The predicted octanol–water partition coefficient (Wildman–Crippen LogP) is 2.05. The summed E-state index contributed by atoms with van der Waals surface area (Å²) in [5.74, 6) is -1.54. The lowest BCUT2D eigenvalue weighted by Crippen LogP contribution is -2.35. The highest BCUT2D eigenvalue weighted by molar-refractivity contribution is 6.06. The molecule has 2 saturated carbocycles. The Kier molecular flexibility index (Phi) is 5.13. The van der Waals surface area contributed by atoms with Gasteiger partial charge in [-0.05, 0) is 38.0 Å². The SMILES string of the molecule is Cc1ccc(C(=O)COC(=O)CCN2C(=O)[C@@H]3[C@H]4CC[C@@H](C4)[C@H]3C2=O)cc1[N+](=O)[O-]. The summed E-state index contributed by atoms with van der Waals surface area (Å²) in [4.78, 5) is 61.0. The van der Waals surface area contributed by atoms with E-state index in [9.17, 15) is 29.3 Å². The molecule has 3 fully saturated rings. The van der Waals surface area contributed by atoms with Gasteiger partial charge in [-0.15, -0.1) is 0 Å². The van der Waals surface area contributed by atoms with Crippen molar-refractivity contribution in [3.63, 3.8) is 0 Å². The zero-order valence-electron chi connectivity index (χ0n) is 16.5. The average Bonchev–Trinajstić information content (AvgIpc) is 3.39. The number of nitrogens with zero attached hydrogens (tertiary/aromatic N) is 2. The minimum Gasteiger partial charge on any atom is -0.457 e. The number of aryl methyl sites for hydroxylation is 1. The molecule has 2 bridgehead atoms. The van der Waals surface area contributed by atoms with Crippen LogP contribution in [0.5, 0.6) is 0 Å². The Labute approximate surface area is 172 Å². The lowest BCUT2D eigenvalue weighted by Gasteiger charge is -2.19. The number of esters is 1. The van der Waals surface area contributed by atoms with E-state index in [1.54, 1.807) is 6.92 Å². The Morgan fingerprint density at radius 2 is 1.80 bits per heavy atom. The zero-order chi connectivity index (χ0) is 21.6. The molecule has 1 saturated heterocycles. The first-order chi connectivity index (χ1) is 14.3. The minimum atomic E-state index is -0.703. The minimum absolute atomic E-state index is 0.0485. The molecule has 9 heteroatoms. The first-order valence-electron chi connectivity index (χ1n) is 10.1. The van der Waals surface area contributed by atoms with Crippen molar-refractivity contribution < 1.29 is 28.8 Å². The first kappa shape index (κ1) is 20.2. The Morgan fingerprint density at radius 1 is 1.17 bits per heavy atom. The third-order valence-electron chi connectivity index (χ3n) is 6.65. The van der Waals surface area contributed by atoms with Crippen LogP contribution in [0.4, 0.5) is 5.69 Å². The van der Waals surface area contributed by atoms with Crippen LogP contribution in [0.2, 0.25) is 0 Å². The number of rotatable bonds is 7. The van der Waals surface area contributed by atoms with Gasteiger partial charge in [-0.3, -0.25) is 34.2 Å². The monoisotopic (exact) mass is 414 g/mol. The molecule has 4 atom stereocenters. The summed E-state index contributed by atoms with van der Waals surface area (Å²) in [6, 6.07) is 4.05. The molecule has 30 heavy (non-hydrogen) atoms. The van der Waals surface area contributed by atoms with Crippen LogP contribution in [0.1, 0.15) is 41.6 Å². The summed E-state index contributed by atoms with van der Waals surface area (Å²) >= 11 is 0. The van der Waals surface area contributed by atoms with Crippen molar-refractivity contribution in [3.8, 4) is 0 Å². The van der Waals surface area contributed by atoms with Crippen LogP contribution in [-0.4, -0.2) is 46.5 Å². The van der Waals surface area contributed by atoms with Gasteiger partial charge >= 0.3 is 5.97 Å². The van der Waals surface area contributed by atoms with Gasteiger partial charge in [0.1, 0.15) is 0 Å². The molecular formula is C21H22N2O7. The smallest absolute Gasteiger partial charge is 0.308 e. The maximum Gasteiger partial charge on any atom is 0.308 e. The van der Waals surface area contributed by atoms with Crippen molar-refractivity contribution in [2.45, 2.75) is 32.6 Å². The van der Waals surface area contributed by atoms with Crippen LogP contribution in [-0.2, 0) is 19.1 Å². The number of carbonyl (C=O) groups excluding carboxylic acids is 4. The number of carbonyl (C=O) groups is 4. The second-order valence-electron chi connectivity index (χ2n) is 8.31. The fourth-order valence-corrected chi connectivity index (χ4v) is 5.18. The van der Waals surface area contributed by atoms with Gasteiger partial charge in [0.15, 0.2) is 6.61 Å². The Balaban J connectivity index is 1.29. The van der Waals surface area contributed by atoms with Gasteiger partial charge in [-0.1, -0.05) is 12.1 Å². The Hall–Kier alpha value is -3.10. The van der Waals surface area contributed by atoms with Gasteiger partial charge in [0.25, 0.3) is 5.69 Å².